The van der Waals surface area contributed by atoms with Gasteiger partial charge >= 0.3 is 5.97 Å². The van der Waals surface area contributed by atoms with Crippen molar-refractivity contribution in [1.82, 2.24) is 0 Å². The number of benzene rings is 1. The molecule has 0 saturated heterocycles. The molecule has 0 heterocycles. The van der Waals surface area contributed by atoms with Gasteiger partial charge in [0, 0.05) is 11.3 Å². The largest absolute Gasteiger partial charge is 0.462 e. The molecular weight excluding hydrogens is 242 g/mol. The standard InChI is InChI=1S/C15H19NO3/c1-4-6-11(3)14(17)16-13-9-7-12(8-10-13)15(18)19-5-2/h6-10H,4-5H2,1-3H3,(H,16,17)/b11-6+. The Morgan fingerprint density at radius 2 is 1.84 bits per heavy atom. The molecule has 0 aliphatic heterocycles. The van der Waals surface area contributed by atoms with E-state index < -0.39 is 0 Å². The number of nitrogens with one attached hydrogen (secondary N) is 1. The van der Waals surface area contributed by atoms with Crippen molar-refractivity contribution in [3.05, 3.63) is 41.5 Å². The predicted molar refractivity (Wildman–Crippen MR) is 75.1 cm³/mol. The molecule has 0 atom stereocenters. The molecule has 0 fully saturated rings. The zero-order valence-corrected chi connectivity index (χ0v) is 11.5. The van der Waals surface area contributed by atoms with Crippen LogP contribution in [-0.4, -0.2) is 18.5 Å². The summed E-state index contributed by atoms with van der Waals surface area (Å²) in [6.45, 7) is 5.85. The van der Waals surface area contributed by atoms with Gasteiger partial charge in [-0.3, -0.25) is 4.79 Å². The average molecular weight is 261 g/mol. The molecule has 4 heteroatoms. The van der Waals surface area contributed by atoms with Crippen LogP contribution in [0.4, 0.5) is 5.69 Å². The summed E-state index contributed by atoms with van der Waals surface area (Å²) in [6.07, 6.45) is 2.68. The third-order valence-electron chi connectivity index (χ3n) is 2.52. The number of ether oxygens (including phenoxy) is 1. The van der Waals surface area contributed by atoms with Gasteiger partial charge in [0.1, 0.15) is 0 Å². The van der Waals surface area contributed by atoms with E-state index in [4.69, 9.17) is 4.74 Å². The summed E-state index contributed by atoms with van der Waals surface area (Å²) in [4.78, 5) is 23.2. The molecular formula is C15H19NO3. The van der Waals surface area contributed by atoms with E-state index >= 15 is 0 Å². The Labute approximate surface area is 113 Å². The molecule has 19 heavy (non-hydrogen) atoms. The van der Waals surface area contributed by atoms with E-state index in [9.17, 15) is 9.59 Å². The maximum Gasteiger partial charge on any atom is 0.338 e. The average Bonchev–Trinajstić information content (AvgIpc) is 2.40. The van der Waals surface area contributed by atoms with Gasteiger partial charge in [-0.2, -0.15) is 0 Å². The minimum absolute atomic E-state index is 0.134. The lowest BCUT2D eigenvalue weighted by Gasteiger charge is -2.06. The Balaban J connectivity index is 2.70. The van der Waals surface area contributed by atoms with Crippen molar-refractivity contribution in [2.45, 2.75) is 27.2 Å². The number of rotatable bonds is 5. The van der Waals surface area contributed by atoms with E-state index in [-0.39, 0.29) is 11.9 Å². The van der Waals surface area contributed by atoms with Gasteiger partial charge in [-0.15, -0.1) is 0 Å². The second-order valence-electron chi connectivity index (χ2n) is 4.05. The van der Waals surface area contributed by atoms with Crippen molar-refractivity contribution >= 4 is 17.6 Å². The molecule has 0 aliphatic carbocycles. The topological polar surface area (TPSA) is 55.4 Å². The number of hydrogen-bond acceptors (Lipinski definition) is 3. The van der Waals surface area contributed by atoms with Gasteiger partial charge in [-0.25, -0.2) is 4.79 Å². The minimum atomic E-state index is -0.359. The lowest BCUT2D eigenvalue weighted by atomic mass is 10.2. The van der Waals surface area contributed by atoms with E-state index in [0.717, 1.165) is 6.42 Å². The fourth-order valence-electron chi connectivity index (χ4n) is 1.53. The summed E-state index contributed by atoms with van der Waals surface area (Å²) in [6, 6.07) is 6.63. The zero-order chi connectivity index (χ0) is 14.3. The van der Waals surface area contributed by atoms with Gasteiger partial charge in [0.25, 0.3) is 5.91 Å². The van der Waals surface area contributed by atoms with E-state index in [2.05, 4.69) is 5.32 Å². The van der Waals surface area contributed by atoms with Gasteiger partial charge in [0.2, 0.25) is 0 Å². The molecule has 1 rings (SSSR count). The Hall–Kier alpha value is -2.10. The lowest BCUT2D eigenvalue weighted by molar-refractivity contribution is -0.112. The Kier molecular flexibility index (Phi) is 5.79. The van der Waals surface area contributed by atoms with Gasteiger partial charge in [0.05, 0.1) is 12.2 Å². The summed E-state index contributed by atoms with van der Waals surface area (Å²) in [5, 5.41) is 2.77. The summed E-state index contributed by atoms with van der Waals surface area (Å²) in [5.41, 5.74) is 1.81. The first-order chi connectivity index (χ1) is 9.08. The van der Waals surface area contributed by atoms with Crippen LogP contribution in [0.1, 0.15) is 37.6 Å². The maximum atomic E-state index is 11.8. The Morgan fingerprint density at radius 1 is 1.21 bits per heavy atom. The fraction of sp³-hybridized carbons (Fsp3) is 0.333. The normalized spacial score (nSPS) is 11.0. The first-order valence-electron chi connectivity index (χ1n) is 6.33. The van der Waals surface area contributed by atoms with Gasteiger partial charge in [0.15, 0.2) is 0 Å². The van der Waals surface area contributed by atoms with Crippen molar-refractivity contribution in [1.29, 1.82) is 0 Å². The number of amides is 1. The van der Waals surface area contributed by atoms with Crippen LogP contribution in [0.25, 0.3) is 0 Å². The van der Waals surface area contributed by atoms with Crippen molar-refractivity contribution in [2.75, 3.05) is 11.9 Å². The molecule has 102 valence electrons. The number of carbonyl (C=O) groups is 2. The maximum absolute atomic E-state index is 11.8. The van der Waals surface area contributed by atoms with Crippen LogP contribution in [0, 0.1) is 0 Å². The van der Waals surface area contributed by atoms with Crippen LogP contribution < -0.4 is 5.32 Å². The first-order valence-corrected chi connectivity index (χ1v) is 6.33. The van der Waals surface area contributed by atoms with Crippen LogP contribution in [0.2, 0.25) is 0 Å². The van der Waals surface area contributed by atoms with E-state index in [0.29, 0.717) is 23.4 Å². The highest BCUT2D eigenvalue weighted by atomic mass is 16.5. The number of anilines is 1. The molecule has 0 radical (unpaired) electrons. The molecule has 4 nitrogen and oxygen atoms in total. The highest BCUT2D eigenvalue weighted by Gasteiger charge is 2.07. The van der Waals surface area contributed by atoms with Crippen LogP contribution in [-0.2, 0) is 9.53 Å². The van der Waals surface area contributed by atoms with Crippen molar-refractivity contribution in [3.63, 3.8) is 0 Å². The lowest BCUT2D eigenvalue weighted by Crippen LogP contribution is -2.13. The predicted octanol–water partition coefficient (Wildman–Crippen LogP) is 3.16. The molecule has 0 aliphatic rings. The number of hydrogen-bond donors (Lipinski definition) is 1. The van der Waals surface area contributed by atoms with Crippen LogP contribution in [0.15, 0.2) is 35.9 Å². The van der Waals surface area contributed by atoms with Crippen LogP contribution in [0.5, 0.6) is 0 Å². The van der Waals surface area contributed by atoms with Crippen molar-refractivity contribution in [2.24, 2.45) is 0 Å². The van der Waals surface area contributed by atoms with Crippen molar-refractivity contribution in [3.8, 4) is 0 Å². The quantitative estimate of drug-likeness (QED) is 0.654. The van der Waals surface area contributed by atoms with Gasteiger partial charge < -0.3 is 10.1 Å². The SMILES string of the molecule is CC/C=C(\C)C(=O)Nc1ccc(C(=O)OCC)cc1. The molecule has 0 saturated carbocycles. The highest BCUT2D eigenvalue weighted by molar-refractivity contribution is 6.03. The summed E-state index contributed by atoms with van der Waals surface area (Å²) >= 11 is 0. The fourth-order valence-corrected chi connectivity index (χ4v) is 1.53. The van der Waals surface area contributed by atoms with Crippen LogP contribution >= 0.6 is 0 Å². The molecule has 1 aromatic carbocycles. The molecule has 0 aromatic heterocycles. The first kappa shape index (κ1) is 15.0. The van der Waals surface area contributed by atoms with Crippen LogP contribution in [0.3, 0.4) is 0 Å². The van der Waals surface area contributed by atoms with Gasteiger partial charge in [-0.1, -0.05) is 13.0 Å². The molecule has 1 aromatic rings. The third kappa shape index (κ3) is 4.58. The summed E-state index contributed by atoms with van der Waals surface area (Å²) in [7, 11) is 0. The zero-order valence-electron chi connectivity index (χ0n) is 11.5. The second-order valence-corrected chi connectivity index (χ2v) is 4.05. The second kappa shape index (κ2) is 7.36. The molecule has 0 bridgehead atoms. The van der Waals surface area contributed by atoms with E-state index in [1.807, 2.05) is 13.0 Å². The monoisotopic (exact) mass is 261 g/mol. The molecule has 0 spiro atoms. The molecule has 1 N–H and O–H groups in total. The molecule has 0 unspecified atom stereocenters. The highest BCUT2D eigenvalue weighted by Crippen LogP contribution is 2.12. The van der Waals surface area contributed by atoms with Gasteiger partial charge in [-0.05, 0) is 44.5 Å². The van der Waals surface area contributed by atoms with E-state index in [1.54, 1.807) is 38.1 Å². The minimum Gasteiger partial charge on any atom is -0.462 e. The molecule has 1 amide bonds. The Bertz CT molecular complexity index is 475. The number of carbonyl (C=O) groups excluding carboxylic acids is 2. The van der Waals surface area contributed by atoms with E-state index in [1.165, 1.54) is 0 Å². The number of allylic oxidation sites excluding steroid dienone is 1. The smallest absolute Gasteiger partial charge is 0.338 e. The summed E-state index contributed by atoms with van der Waals surface area (Å²) in [5.74, 6) is -0.492. The summed E-state index contributed by atoms with van der Waals surface area (Å²) < 4.78 is 4.88. The third-order valence-corrected chi connectivity index (χ3v) is 2.52. The van der Waals surface area contributed by atoms with Crippen molar-refractivity contribution < 1.29 is 14.3 Å². The number of esters is 1. The Morgan fingerprint density at radius 3 is 2.37 bits per heavy atom.